The zero-order chi connectivity index (χ0) is 20.9. The van der Waals surface area contributed by atoms with E-state index in [1.807, 2.05) is 12.1 Å². The second-order valence-corrected chi connectivity index (χ2v) is 7.65. The average molecular weight is 427 g/mol. The van der Waals surface area contributed by atoms with Crippen LogP contribution in [0.2, 0.25) is 5.02 Å². The molecule has 0 saturated carbocycles. The van der Waals surface area contributed by atoms with Gasteiger partial charge in [0.05, 0.1) is 18.3 Å². The van der Waals surface area contributed by atoms with Gasteiger partial charge in [0.2, 0.25) is 5.95 Å². The lowest BCUT2D eigenvalue weighted by Gasteiger charge is -2.23. The summed E-state index contributed by atoms with van der Waals surface area (Å²) in [5.74, 6) is 0.538. The van der Waals surface area contributed by atoms with Gasteiger partial charge in [-0.2, -0.15) is 0 Å². The first-order valence-electron chi connectivity index (χ1n) is 9.90. The van der Waals surface area contributed by atoms with Crippen LogP contribution >= 0.6 is 11.6 Å². The number of aromatic nitrogens is 3. The minimum atomic E-state index is -0.513. The SMILES string of the molecule is O=c1cc(-c2ccnc(NC3CCOCC3)n2)ccn1[C@H](CO)c1cccc(Cl)c1. The summed E-state index contributed by atoms with van der Waals surface area (Å²) in [6.45, 7) is 1.24. The highest BCUT2D eigenvalue weighted by Crippen LogP contribution is 2.22. The molecule has 1 aromatic carbocycles. The number of aliphatic hydroxyl groups excluding tert-OH is 1. The van der Waals surface area contributed by atoms with Gasteiger partial charge < -0.3 is 19.7 Å². The summed E-state index contributed by atoms with van der Waals surface area (Å²) in [4.78, 5) is 21.7. The minimum Gasteiger partial charge on any atom is -0.394 e. The van der Waals surface area contributed by atoms with E-state index in [0.717, 1.165) is 31.6 Å². The third kappa shape index (κ3) is 4.70. The van der Waals surface area contributed by atoms with Crippen molar-refractivity contribution in [2.75, 3.05) is 25.1 Å². The Bertz CT molecular complexity index is 1070. The average Bonchev–Trinajstić information content (AvgIpc) is 2.76. The molecule has 3 heterocycles. The van der Waals surface area contributed by atoms with Gasteiger partial charge in [-0.25, -0.2) is 9.97 Å². The molecule has 1 atom stereocenters. The maximum atomic E-state index is 12.8. The third-order valence-electron chi connectivity index (χ3n) is 5.20. The van der Waals surface area contributed by atoms with E-state index >= 15 is 0 Å². The quantitative estimate of drug-likeness (QED) is 0.629. The molecule has 3 aromatic rings. The van der Waals surface area contributed by atoms with Crippen LogP contribution in [0, 0.1) is 0 Å². The van der Waals surface area contributed by atoms with E-state index in [0.29, 0.717) is 22.2 Å². The van der Waals surface area contributed by atoms with Crippen LogP contribution in [0.1, 0.15) is 24.4 Å². The topological polar surface area (TPSA) is 89.3 Å². The molecule has 4 rings (SSSR count). The number of benzene rings is 1. The number of aliphatic hydroxyl groups is 1. The predicted molar refractivity (Wildman–Crippen MR) is 116 cm³/mol. The second-order valence-electron chi connectivity index (χ2n) is 7.21. The third-order valence-corrected chi connectivity index (χ3v) is 5.43. The van der Waals surface area contributed by atoms with Gasteiger partial charge in [0.25, 0.3) is 5.56 Å². The highest BCUT2D eigenvalue weighted by atomic mass is 35.5. The van der Waals surface area contributed by atoms with Crippen molar-refractivity contribution in [3.05, 3.63) is 75.8 Å². The molecule has 1 saturated heterocycles. The number of rotatable bonds is 6. The number of anilines is 1. The van der Waals surface area contributed by atoms with E-state index in [1.54, 1.807) is 36.7 Å². The van der Waals surface area contributed by atoms with Crippen LogP contribution in [0.4, 0.5) is 5.95 Å². The summed E-state index contributed by atoms with van der Waals surface area (Å²) in [6, 6.07) is 12.0. The molecule has 156 valence electrons. The summed E-state index contributed by atoms with van der Waals surface area (Å²) in [5.41, 5.74) is 1.89. The molecule has 30 heavy (non-hydrogen) atoms. The van der Waals surface area contributed by atoms with E-state index in [1.165, 1.54) is 10.6 Å². The largest absolute Gasteiger partial charge is 0.394 e. The molecule has 2 aromatic heterocycles. The summed E-state index contributed by atoms with van der Waals surface area (Å²) in [6.07, 6.45) is 5.18. The van der Waals surface area contributed by atoms with Crippen LogP contribution < -0.4 is 10.9 Å². The number of hydrogen-bond acceptors (Lipinski definition) is 6. The van der Waals surface area contributed by atoms with Crippen molar-refractivity contribution < 1.29 is 9.84 Å². The molecule has 1 aliphatic heterocycles. The van der Waals surface area contributed by atoms with Crippen molar-refractivity contribution >= 4 is 17.5 Å². The fourth-order valence-corrected chi connectivity index (χ4v) is 3.79. The first kappa shape index (κ1) is 20.5. The van der Waals surface area contributed by atoms with E-state index in [9.17, 15) is 9.90 Å². The van der Waals surface area contributed by atoms with Gasteiger partial charge in [-0.1, -0.05) is 23.7 Å². The number of nitrogens with one attached hydrogen (secondary N) is 1. The summed E-state index contributed by atoms with van der Waals surface area (Å²) in [5, 5.41) is 13.8. The van der Waals surface area contributed by atoms with E-state index in [4.69, 9.17) is 16.3 Å². The van der Waals surface area contributed by atoms with Crippen molar-refractivity contribution in [1.82, 2.24) is 14.5 Å². The number of pyridine rings is 1. The highest BCUT2D eigenvalue weighted by Gasteiger charge is 2.17. The highest BCUT2D eigenvalue weighted by molar-refractivity contribution is 6.30. The van der Waals surface area contributed by atoms with Crippen molar-refractivity contribution in [2.45, 2.75) is 24.9 Å². The first-order valence-corrected chi connectivity index (χ1v) is 10.3. The molecule has 7 nitrogen and oxygen atoms in total. The van der Waals surface area contributed by atoms with Gasteiger partial charge in [-0.3, -0.25) is 4.79 Å². The van der Waals surface area contributed by atoms with Crippen molar-refractivity contribution in [2.24, 2.45) is 0 Å². The predicted octanol–water partition coefficient (Wildman–Crippen LogP) is 3.13. The van der Waals surface area contributed by atoms with Crippen LogP contribution in [-0.2, 0) is 4.74 Å². The molecule has 1 fully saturated rings. The Morgan fingerprint density at radius 1 is 1.23 bits per heavy atom. The second kappa shape index (κ2) is 9.38. The van der Waals surface area contributed by atoms with Crippen LogP contribution in [0.3, 0.4) is 0 Å². The molecule has 0 amide bonds. The number of hydrogen-bond donors (Lipinski definition) is 2. The Morgan fingerprint density at radius 3 is 2.80 bits per heavy atom. The fraction of sp³-hybridized carbons (Fsp3) is 0.318. The lowest BCUT2D eigenvalue weighted by atomic mass is 10.1. The van der Waals surface area contributed by atoms with Crippen molar-refractivity contribution in [3.8, 4) is 11.3 Å². The minimum absolute atomic E-state index is 0.216. The monoisotopic (exact) mass is 426 g/mol. The molecule has 0 unspecified atom stereocenters. The van der Waals surface area contributed by atoms with Gasteiger partial charge in [0.15, 0.2) is 0 Å². The van der Waals surface area contributed by atoms with E-state index in [2.05, 4.69) is 15.3 Å². The lowest BCUT2D eigenvalue weighted by molar-refractivity contribution is 0.0903. The van der Waals surface area contributed by atoms with E-state index in [-0.39, 0.29) is 18.2 Å². The number of halogens is 1. The van der Waals surface area contributed by atoms with Gasteiger partial charge in [0.1, 0.15) is 0 Å². The van der Waals surface area contributed by atoms with Gasteiger partial charge in [-0.15, -0.1) is 0 Å². The maximum absolute atomic E-state index is 12.8. The molecule has 8 heteroatoms. The molecule has 0 spiro atoms. The van der Waals surface area contributed by atoms with Crippen molar-refractivity contribution in [3.63, 3.8) is 0 Å². The molecule has 1 aliphatic rings. The molecular formula is C22H23ClN4O3. The van der Waals surface area contributed by atoms with Crippen LogP contribution in [0.25, 0.3) is 11.3 Å². The molecule has 0 radical (unpaired) electrons. The summed E-state index contributed by atoms with van der Waals surface area (Å²) < 4.78 is 6.88. The van der Waals surface area contributed by atoms with Gasteiger partial charge >= 0.3 is 0 Å². The van der Waals surface area contributed by atoms with Gasteiger partial charge in [0, 0.05) is 48.3 Å². The Balaban J connectivity index is 1.58. The Morgan fingerprint density at radius 2 is 2.07 bits per heavy atom. The molecular weight excluding hydrogens is 404 g/mol. The number of nitrogens with zero attached hydrogens (tertiary/aromatic N) is 3. The normalized spacial score (nSPS) is 15.7. The molecule has 0 bridgehead atoms. The molecule has 0 aliphatic carbocycles. The fourth-order valence-electron chi connectivity index (χ4n) is 3.59. The van der Waals surface area contributed by atoms with E-state index < -0.39 is 6.04 Å². The summed E-state index contributed by atoms with van der Waals surface area (Å²) in [7, 11) is 0. The Kier molecular flexibility index (Phi) is 6.42. The Labute approximate surface area is 179 Å². The first-order chi connectivity index (χ1) is 14.6. The van der Waals surface area contributed by atoms with Crippen LogP contribution in [0.5, 0.6) is 0 Å². The smallest absolute Gasteiger partial charge is 0.251 e. The van der Waals surface area contributed by atoms with Crippen LogP contribution in [-0.4, -0.2) is 45.5 Å². The maximum Gasteiger partial charge on any atom is 0.251 e. The Hall–Kier alpha value is -2.74. The number of ether oxygens (including phenoxy) is 1. The zero-order valence-electron chi connectivity index (χ0n) is 16.4. The van der Waals surface area contributed by atoms with Gasteiger partial charge in [-0.05, 0) is 42.7 Å². The van der Waals surface area contributed by atoms with Crippen LogP contribution in [0.15, 0.2) is 59.7 Å². The van der Waals surface area contributed by atoms with Crippen molar-refractivity contribution in [1.29, 1.82) is 0 Å². The lowest BCUT2D eigenvalue weighted by Crippen LogP contribution is -2.28. The molecule has 2 N–H and O–H groups in total. The summed E-state index contributed by atoms with van der Waals surface area (Å²) >= 11 is 6.07. The zero-order valence-corrected chi connectivity index (χ0v) is 17.1. The standard InChI is InChI=1S/C22H23ClN4O3/c23-17-3-1-2-16(12-17)20(14-28)27-9-5-15(13-21(27)29)19-4-8-24-22(26-19)25-18-6-10-30-11-7-18/h1-5,8-9,12-13,18,20,28H,6-7,10-11,14H2,(H,24,25,26)/t20-/m1/s1.